The van der Waals surface area contributed by atoms with E-state index < -0.39 is 10.0 Å². The van der Waals surface area contributed by atoms with Gasteiger partial charge in [0, 0.05) is 23.8 Å². The molecule has 0 aliphatic carbocycles. The molecule has 0 bridgehead atoms. The summed E-state index contributed by atoms with van der Waals surface area (Å²) in [7, 11) is -3.62. The summed E-state index contributed by atoms with van der Waals surface area (Å²) in [4.78, 5) is 12.7. The maximum Gasteiger partial charge on any atom is 0.255 e. The van der Waals surface area contributed by atoms with Gasteiger partial charge >= 0.3 is 0 Å². The van der Waals surface area contributed by atoms with Crippen molar-refractivity contribution in [1.82, 2.24) is 4.31 Å². The molecular weight excluding hydrogens is 376 g/mol. The van der Waals surface area contributed by atoms with Gasteiger partial charge in [-0.25, -0.2) is 8.42 Å². The molecule has 2 aromatic carbocycles. The number of hydrogen-bond donors (Lipinski definition) is 1. The Morgan fingerprint density at radius 3 is 2.61 bits per heavy atom. The Balaban J connectivity index is 1.77. The maximum atomic E-state index is 13.0. The lowest BCUT2D eigenvalue weighted by atomic mass is 10.1. The van der Waals surface area contributed by atoms with E-state index in [1.807, 2.05) is 13.8 Å². The van der Waals surface area contributed by atoms with Gasteiger partial charge in [0.15, 0.2) is 0 Å². The Morgan fingerprint density at radius 1 is 1.18 bits per heavy atom. The van der Waals surface area contributed by atoms with Crippen molar-refractivity contribution in [2.24, 2.45) is 0 Å². The number of carbonyl (C=O) groups excluding carboxylic acids is 1. The first-order chi connectivity index (χ1) is 13.4. The normalized spacial score (nSPS) is 17.9. The smallest absolute Gasteiger partial charge is 0.255 e. The zero-order chi connectivity index (χ0) is 20.1. The minimum absolute atomic E-state index is 0.0277. The number of amides is 1. The van der Waals surface area contributed by atoms with E-state index in [9.17, 15) is 13.2 Å². The van der Waals surface area contributed by atoms with Gasteiger partial charge in [-0.1, -0.05) is 12.5 Å². The zero-order valence-corrected chi connectivity index (χ0v) is 17.0. The van der Waals surface area contributed by atoms with Crippen molar-refractivity contribution in [1.29, 1.82) is 0 Å². The van der Waals surface area contributed by atoms with Gasteiger partial charge in [-0.2, -0.15) is 4.31 Å². The van der Waals surface area contributed by atoms with E-state index in [0.717, 1.165) is 25.0 Å². The molecule has 1 atom stereocenters. The monoisotopic (exact) mass is 402 g/mol. The number of benzene rings is 2. The van der Waals surface area contributed by atoms with Crippen molar-refractivity contribution in [2.75, 3.05) is 18.5 Å². The number of anilines is 1. The van der Waals surface area contributed by atoms with Gasteiger partial charge in [0.2, 0.25) is 10.0 Å². The van der Waals surface area contributed by atoms with Crippen molar-refractivity contribution in [3.05, 3.63) is 54.1 Å². The standard InChI is InChI=1S/C21H26N2O4S/c1-3-27-19-12-10-18(11-13-19)22-21(24)17-8-6-9-20(15-17)28(25,26)23-14-5-4-7-16(23)2/h6,8-13,15-16H,3-5,7,14H2,1-2H3,(H,22,24). The second-order valence-corrected chi connectivity index (χ2v) is 8.79. The summed E-state index contributed by atoms with van der Waals surface area (Å²) in [6, 6.07) is 13.2. The van der Waals surface area contributed by atoms with Gasteiger partial charge in [0.1, 0.15) is 5.75 Å². The van der Waals surface area contributed by atoms with E-state index in [1.165, 1.54) is 6.07 Å². The van der Waals surface area contributed by atoms with Crippen molar-refractivity contribution < 1.29 is 17.9 Å². The average molecular weight is 403 g/mol. The van der Waals surface area contributed by atoms with E-state index in [-0.39, 0.29) is 16.8 Å². The third kappa shape index (κ3) is 4.54. The Morgan fingerprint density at radius 2 is 1.93 bits per heavy atom. The van der Waals surface area contributed by atoms with Crippen molar-refractivity contribution in [2.45, 2.75) is 44.0 Å². The molecule has 1 unspecified atom stereocenters. The molecule has 150 valence electrons. The number of carbonyl (C=O) groups is 1. The molecule has 6 nitrogen and oxygen atoms in total. The summed E-state index contributed by atoms with van der Waals surface area (Å²) in [5.74, 6) is 0.372. The predicted molar refractivity (Wildman–Crippen MR) is 109 cm³/mol. The number of rotatable bonds is 6. The van der Waals surface area contributed by atoms with E-state index in [1.54, 1.807) is 46.8 Å². The van der Waals surface area contributed by atoms with Crippen LogP contribution < -0.4 is 10.1 Å². The number of ether oxygens (including phenoxy) is 1. The van der Waals surface area contributed by atoms with Crippen molar-refractivity contribution in [3.8, 4) is 5.75 Å². The molecule has 1 saturated heterocycles. The van der Waals surface area contributed by atoms with Crippen LogP contribution in [0.1, 0.15) is 43.5 Å². The summed E-state index contributed by atoms with van der Waals surface area (Å²) in [6.07, 6.45) is 2.76. The molecule has 0 spiro atoms. The maximum absolute atomic E-state index is 13.0. The second-order valence-electron chi connectivity index (χ2n) is 6.90. The van der Waals surface area contributed by atoms with Crippen LogP contribution in [0.15, 0.2) is 53.4 Å². The molecule has 28 heavy (non-hydrogen) atoms. The van der Waals surface area contributed by atoms with Crippen LogP contribution >= 0.6 is 0 Å². The topological polar surface area (TPSA) is 75.7 Å². The number of sulfonamides is 1. The fourth-order valence-corrected chi connectivity index (χ4v) is 5.11. The first-order valence-corrected chi connectivity index (χ1v) is 11.0. The number of hydrogen-bond acceptors (Lipinski definition) is 4. The van der Waals surface area contributed by atoms with Crippen molar-refractivity contribution in [3.63, 3.8) is 0 Å². The number of piperidine rings is 1. The van der Waals surface area contributed by atoms with Gasteiger partial charge in [-0.3, -0.25) is 4.79 Å². The minimum Gasteiger partial charge on any atom is -0.494 e. The van der Waals surface area contributed by atoms with E-state index in [2.05, 4.69) is 5.32 Å². The molecular formula is C21H26N2O4S. The largest absolute Gasteiger partial charge is 0.494 e. The highest BCUT2D eigenvalue weighted by molar-refractivity contribution is 7.89. The Labute approximate surface area is 166 Å². The zero-order valence-electron chi connectivity index (χ0n) is 16.2. The molecule has 0 radical (unpaired) electrons. The van der Waals surface area contributed by atoms with Gasteiger partial charge in [-0.15, -0.1) is 0 Å². The lowest BCUT2D eigenvalue weighted by molar-refractivity contribution is 0.102. The predicted octanol–water partition coefficient (Wildman–Crippen LogP) is 3.90. The molecule has 3 rings (SSSR count). The summed E-state index contributed by atoms with van der Waals surface area (Å²) < 4.78 is 32.9. The second kappa shape index (κ2) is 8.75. The molecule has 1 amide bonds. The Kier molecular flexibility index (Phi) is 6.36. The van der Waals surface area contributed by atoms with Crippen LogP contribution in [-0.2, 0) is 10.0 Å². The average Bonchev–Trinajstić information content (AvgIpc) is 2.70. The van der Waals surface area contributed by atoms with Gasteiger partial charge < -0.3 is 10.1 Å². The fourth-order valence-electron chi connectivity index (χ4n) is 3.37. The van der Waals surface area contributed by atoms with Crippen LogP contribution in [-0.4, -0.2) is 37.8 Å². The lowest BCUT2D eigenvalue weighted by Crippen LogP contribution is -2.41. The summed E-state index contributed by atoms with van der Waals surface area (Å²) in [6.45, 7) is 4.93. The highest BCUT2D eigenvalue weighted by atomic mass is 32.2. The summed E-state index contributed by atoms with van der Waals surface area (Å²) in [5.41, 5.74) is 0.922. The molecule has 1 N–H and O–H groups in total. The van der Waals surface area contributed by atoms with Crippen LogP contribution in [0.5, 0.6) is 5.75 Å². The Bertz CT molecular complexity index is 926. The molecule has 1 heterocycles. The van der Waals surface area contributed by atoms with Gasteiger partial charge in [0.25, 0.3) is 5.91 Å². The van der Waals surface area contributed by atoms with Gasteiger partial charge in [-0.05, 0) is 69.2 Å². The third-order valence-electron chi connectivity index (χ3n) is 4.87. The summed E-state index contributed by atoms with van der Waals surface area (Å²) in [5, 5.41) is 2.79. The number of nitrogens with one attached hydrogen (secondary N) is 1. The molecule has 2 aromatic rings. The van der Waals surface area contributed by atoms with Crippen LogP contribution in [0.3, 0.4) is 0 Å². The van der Waals surface area contributed by atoms with Crippen LogP contribution in [0, 0.1) is 0 Å². The molecule has 1 aliphatic rings. The van der Waals surface area contributed by atoms with E-state index in [4.69, 9.17) is 4.74 Å². The first-order valence-electron chi connectivity index (χ1n) is 9.58. The highest BCUT2D eigenvalue weighted by Crippen LogP contribution is 2.26. The fraction of sp³-hybridized carbons (Fsp3) is 0.381. The molecule has 0 saturated carbocycles. The summed E-state index contributed by atoms with van der Waals surface area (Å²) >= 11 is 0. The van der Waals surface area contributed by atoms with Crippen molar-refractivity contribution >= 4 is 21.6 Å². The molecule has 7 heteroatoms. The first kappa shape index (κ1) is 20.4. The van der Waals surface area contributed by atoms with Crippen LogP contribution in [0.4, 0.5) is 5.69 Å². The highest BCUT2D eigenvalue weighted by Gasteiger charge is 2.31. The SMILES string of the molecule is CCOc1ccc(NC(=O)c2cccc(S(=O)(=O)N3CCCCC3C)c2)cc1. The van der Waals surface area contributed by atoms with E-state index in [0.29, 0.717) is 24.4 Å². The quantitative estimate of drug-likeness (QED) is 0.795. The van der Waals surface area contributed by atoms with Crippen LogP contribution in [0.2, 0.25) is 0 Å². The molecule has 1 aliphatic heterocycles. The Hall–Kier alpha value is -2.38. The molecule has 1 fully saturated rings. The third-order valence-corrected chi connectivity index (χ3v) is 6.88. The van der Waals surface area contributed by atoms with Crippen LogP contribution in [0.25, 0.3) is 0 Å². The van der Waals surface area contributed by atoms with E-state index >= 15 is 0 Å². The van der Waals surface area contributed by atoms with Gasteiger partial charge in [0.05, 0.1) is 11.5 Å². The minimum atomic E-state index is -3.62. The number of nitrogens with zero attached hydrogens (tertiary/aromatic N) is 1. The molecule has 0 aromatic heterocycles. The lowest BCUT2D eigenvalue weighted by Gasteiger charge is -2.32.